The highest BCUT2D eigenvalue weighted by molar-refractivity contribution is 5.27. The molecule has 1 aliphatic rings. The molecule has 0 amide bonds. The van der Waals surface area contributed by atoms with Crippen LogP contribution in [0.25, 0.3) is 0 Å². The predicted molar refractivity (Wildman–Crippen MR) is 55.4 cm³/mol. The molecule has 0 aliphatic carbocycles. The second-order valence-corrected chi connectivity index (χ2v) is 3.73. The van der Waals surface area contributed by atoms with Crippen molar-refractivity contribution in [3.8, 4) is 5.75 Å². The number of aryl methyl sites for hydroxylation is 1. The number of benzene rings is 1. The number of ether oxygens (including phenoxy) is 2. The highest BCUT2D eigenvalue weighted by Gasteiger charge is 2.14. The fourth-order valence-electron chi connectivity index (χ4n) is 1.64. The van der Waals surface area contributed by atoms with Gasteiger partial charge in [0.25, 0.3) is 0 Å². The molecule has 1 aromatic carbocycles. The Bertz CT molecular complexity index is 290. The summed E-state index contributed by atoms with van der Waals surface area (Å²) in [6.07, 6.45) is 3.34. The van der Waals surface area contributed by atoms with Crippen LogP contribution in [0.1, 0.15) is 24.8 Å². The van der Waals surface area contributed by atoms with Gasteiger partial charge in [-0.3, -0.25) is 0 Å². The molecule has 2 nitrogen and oxygen atoms in total. The van der Waals surface area contributed by atoms with Crippen molar-refractivity contribution in [2.75, 3.05) is 6.61 Å². The van der Waals surface area contributed by atoms with E-state index in [2.05, 4.69) is 13.0 Å². The number of hydrogen-bond donors (Lipinski definition) is 0. The first-order valence-electron chi connectivity index (χ1n) is 5.19. The van der Waals surface area contributed by atoms with Crippen molar-refractivity contribution in [2.24, 2.45) is 0 Å². The van der Waals surface area contributed by atoms with E-state index in [9.17, 15) is 0 Å². The maximum absolute atomic E-state index is 5.71. The SMILES string of the molecule is Cc1cccc(OC2CCCCO2)c1. The molecule has 0 radical (unpaired) electrons. The Hall–Kier alpha value is -1.02. The van der Waals surface area contributed by atoms with Gasteiger partial charge in [-0.25, -0.2) is 0 Å². The topological polar surface area (TPSA) is 18.5 Å². The van der Waals surface area contributed by atoms with Crippen molar-refractivity contribution in [1.29, 1.82) is 0 Å². The van der Waals surface area contributed by atoms with Crippen LogP contribution in [0.15, 0.2) is 24.3 Å². The normalized spacial score (nSPS) is 21.9. The highest BCUT2D eigenvalue weighted by Crippen LogP contribution is 2.19. The third-order valence-corrected chi connectivity index (χ3v) is 2.39. The molecule has 1 heterocycles. The van der Waals surface area contributed by atoms with Crippen LogP contribution in [0.5, 0.6) is 5.75 Å². The number of rotatable bonds is 2. The van der Waals surface area contributed by atoms with E-state index in [1.807, 2.05) is 18.2 Å². The van der Waals surface area contributed by atoms with Crippen LogP contribution in [-0.2, 0) is 4.74 Å². The van der Waals surface area contributed by atoms with E-state index in [4.69, 9.17) is 9.47 Å². The summed E-state index contributed by atoms with van der Waals surface area (Å²) in [6.45, 7) is 2.89. The Morgan fingerprint density at radius 1 is 1.36 bits per heavy atom. The lowest BCUT2D eigenvalue weighted by Crippen LogP contribution is -2.24. The first kappa shape index (κ1) is 9.53. The van der Waals surface area contributed by atoms with Crippen LogP contribution in [0.2, 0.25) is 0 Å². The summed E-state index contributed by atoms with van der Waals surface area (Å²) in [5.41, 5.74) is 1.22. The molecule has 0 saturated carbocycles. The first-order chi connectivity index (χ1) is 6.84. The first-order valence-corrected chi connectivity index (χ1v) is 5.19. The summed E-state index contributed by atoms with van der Waals surface area (Å²) in [6, 6.07) is 8.09. The van der Waals surface area contributed by atoms with Crippen molar-refractivity contribution < 1.29 is 9.47 Å². The van der Waals surface area contributed by atoms with Gasteiger partial charge in [0.2, 0.25) is 0 Å². The molecule has 0 bridgehead atoms. The second-order valence-electron chi connectivity index (χ2n) is 3.73. The molecule has 76 valence electrons. The quantitative estimate of drug-likeness (QED) is 0.717. The van der Waals surface area contributed by atoms with E-state index >= 15 is 0 Å². The Kier molecular flexibility index (Phi) is 3.04. The maximum atomic E-state index is 5.71. The molecular formula is C12H16O2. The average Bonchev–Trinajstić information content (AvgIpc) is 2.19. The van der Waals surface area contributed by atoms with Gasteiger partial charge in [-0.15, -0.1) is 0 Å². The van der Waals surface area contributed by atoms with Crippen molar-refractivity contribution in [3.05, 3.63) is 29.8 Å². The van der Waals surface area contributed by atoms with E-state index < -0.39 is 0 Å². The molecular weight excluding hydrogens is 176 g/mol. The van der Waals surface area contributed by atoms with Gasteiger partial charge in [0, 0.05) is 6.42 Å². The minimum atomic E-state index is -0.0365. The summed E-state index contributed by atoms with van der Waals surface area (Å²) in [7, 11) is 0. The lowest BCUT2D eigenvalue weighted by Gasteiger charge is -2.23. The molecule has 1 saturated heterocycles. The maximum Gasteiger partial charge on any atom is 0.199 e. The van der Waals surface area contributed by atoms with E-state index in [-0.39, 0.29) is 6.29 Å². The van der Waals surface area contributed by atoms with Crippen LogP contribution in [0, 0.1) is 6.92 Å². The van der Waals surface area contributed by atoms with Crippen LogP contribution in [0.3, 0.4) is 0 Å². The molecule has 14 heavy (non-hydrogen) atoms. The van der Waals surface area contributed by atoms with Crippen LogP contribution >= 0.6 is 0 Å². The smallest absolute Gasteiger partial charge is 0.199 e. The van der Waals surface area contributed by atoms with Gasteiger partial charge >= 0.3 is 0 Å². The zero-order chi connectivity index (χ0) is 9.80. The van der Waals surface area contributed by atoms with Gasteiger partial charge in [-0.1, -0.05) is 12.1 Å². The fourth-order valence-corrected chi connectivity index (χ4v) is 1.64. The molecule has 0 spiro atoms. The van der Waals surface area contributed by atoms with Gasteiger partial charge in [-0.05, 0) is 37.5 Å². The molecule has 0 N–H and O–H groups in total. The third kappa shape index (κ3) is 2.48. The van der Waals surface area contributed by atoms with Crippen LogP contribution < -0.4 is 4.74 Å². The standard InChI is InChI=1S/C12H16O2/c1-10-5-4-6-11(9-10)14-12-7-2-3-8-13-12/h4-6,9,12H,2-3,7-8H2,1H3. The zero-order valence-electron chi connectivity index (χ0n) is 8.53. The van der Waals surface area contributed by atoms with E-state index in [1.54, 1.807) is 0 Å². The predicted octanol–water partition coefficient (Wildman–Crippen LogP) is 2.90. The Labute approximate surface area is 84.8 Å². The van der Waals surface area contributed by atoms with Crippen molar-refractivity contribution in [1.82, 2.24) is 0 Å². The van der Waals surface area contributed by atoms with E-state index in [0.717, 1.165) is 25.2 Å². The second kappa shape index (κ2) is 4.47. The lowest BCUT2D eigenvalue weighted by atomic mass is 10.2. The molecule has 1 aromatic rings. The molecule has 2 rings (SSSR count). The largest absolute Gasteiger partial charge is 0.465 e. The average molecular weight is 192 g/mol. The van der Waals surface area contributed by atoms with Crippen LogP contribution in [-0.4, -0.2) is 12.9 Å². The fraction of sp³-hybridized carbons (Fsp3) is 0.500. The summed E-state index contributed by atoms with van der Waals surface area (Å²) in [4.78, 5) is 0. The van der Waals surface area contributed by atoms with Gasteiger partial charge in [0.15, 0.2) is 6.29 Å². The summed E-state index contributed by atoms with van der Waals surface area (Å²) < 4.78 is 11.2. The van der Waals surface area contributed by atoms with Crippen LogP contribution in [0.4, 0.5) is 0 Å². The molecule has 2 heteroatoms. The molecule has 0 aromatic heterocycles. The van der Waals surface area contributed by atoms with Gasteiger partial charge < -0.3 is 9.47 Å². The van der Waals surface area contributed by atoms with Gasteiger partial charge in [0.1, 0.15) is 5.75 Å². The van der Waals surface area contributed by atoms with Gasteiger partial charge in [0.05, 0.1) is 6.61 Å². The summed E-state index contributed by atoms with van der Waals surface area (Å²) in [5.74, 6) is 0.914. The van der Waals surface area contributed by atoms with Crippen molar-refractivity contribution in [3.63, 3.8) is 0 Å². The minimum absolute atomic E-state index is 0.0365. The molecule has 1 unspecified atom stereocenters. The third-order valence-electron chi connectivity index (χ3n) is 2.39. The van der Waals surface area contributed by atoms with Crippen molar-refractivity contribution >= 4 is 0 Å². The zero-order valence-corrected chi connectivity index (χ0v) is 8.53. The van der Waals surface area contributed by atoms with E-state index in [0.29, 0.717) is 0 Å². The number of hydrogen-bond acceptors (Lipinski definition) is 2. The monoisotopic (exact) mass is 192 g/mol. The Balaban J connectivity index is 1.95. The summed E-state index contributed by atoms with van der Waals surface area (Å²) in [5, 5.41) is 0. The Morgan fingerprint density at radius 3 is 3.00 bits per heavy atom. The minimum Gasteiger partial charge on any atom is -0.465 e. The lowest BCUT2D eigenvalue weighted by molar-refractivity contribution is -0.105. The Morgan fingerprint density at radius 2 is 2.29 bits per heavy atom. The van der Waals surface area contributed by atoms with Gasteiger partial charge in [-0.2, -0.15) is 0 Å². The molecule has 1 aliphatic heterocycles. The molecule has 1 fully saturated rings. The van der Waals surface area contributed by atoms with E-state index in [1.165, 1.54) is 12.0 Å². The highest BCUT2D eigenvalue weighted by atomic mass is 16.7. The molecule has 1 atom stereocenters. The summed E-state index contributed by atoms with van der Waals surface area (Å²) >= 11 is 0. The van der Waals surface area contributed by atoms with Crippen molar-refractivity contribution in [2.45, 2.75) is 32.5 Å².